The molecule has 7 heteroatoms. The summed E-state index contributed by atoms with van der Waals surface area (Å²) in [4.78, 5) is 27.7. The molecule has 0 spiro atoms. The highest BCUT2D eigenvalue weighted by Gasteiger charge is 2.40. The van der Waals surface area contributed by atoms with Crippen molar-refractivity contribution in [1.29, 1.82) is 0 Å². The van der Waals surface area contributed by atoms with Crippen LogP contribution in [0.2, 0.25) is 0 Å². The van der Waals surface area contributed by atoms with Gasteiger partial charge in [-0.05, 0) is 28.7 Å². The van der Waals surface area contributed by atoms with Crippen molar-refractivity contribution in [1.82, 2.24) is 20.0 Å². The van der Waals surface area contributed by atoms with Crippen LogP contribution >= 0.6 is 0 Å². The van der Waals surface area contributed by atoms with Crippen molar-refractivity contribution in [2.75, 3.05) is 6.54 Å². The zero-order valence-electron chi connectivity index (χ0n) is 19.8. The maximum atomic E-state index is 14.4. The highest BCUT2D eigenvalue weighted by Crippen LogP contribution is 2.27. The lowest BCUT2D eigenvalue weighted by atomic mass is 9.95. The highest BCUT2D eigenvalue weighted by atomic mass is 19.1. The number of benzene rings is 2. The first-order chi connectivity index (χ1) is 16.3. The monoisotopic (exact) mass is 462 g/mol. The van der Waals surface area contributed by atoms with Crippen molar-refractivity contribution in [3.05, 3.63) is 89.2 Å². The van der Waals surface area contributed by atoms with E-state index in [-0.39, 0.29) is 31.2 Å². The fraction of sp³-hybridized carbons (Fsp3) is 0.370. The molecule has 6 nitrogen and oxygen atoms in total. The molecule has 3 atom stereocenters. The molecule has 2 aromatic carbocycles. The Labute approximate surface area is 199 Å². The Bertz CT molecular complexity index is 1130. The van der Waals surface area contributed by atoms with Crippen LogP contribution in [0.5, 0.6) is 0 Å². The van der Waals surface area contributed by atoms with Crippen LogP contribution in [0.15, 0.2) is 66.9 Å². The van der Waals surface area contributed by atoms with Crippen molar-refractivity contribution in [2.45, 2.75) is 50.9 Å². The maximum absolute atomic E-state index is 14.4. The molecule has 0 saturated carbocycles. The molecule has 1 fully saturated rings. The number of aryl methyl sites for hydroxylation is 1. The van der Waals surface area contributed by atoms with E-state index in [4.69, 9.17) is 0 Å². The second kappa shape index (κ2) is 10.2. The van der Waals surface area contributed by atoms with E-state index in [2.05, 4.69) is 36.4 Å². The van der Waals surface area contributed by atoms with Crippen LogP contribution in [0.1, 0.15) is 54.6 Å². The lowest BCUT2D eigenvalue weighted by Crippen LogP contribution is -2.47. The topological polar surface area (TPSA) is 67.2 Å². The SMILES string of the molecule is CC(C)c1ccc([C@@H](NC(=O)[C@@H]2C[C@@H](F)CN2C(=O)Cc2ccn(C)n2)c2ccccc2)cc1. The van der Waals surface area contributed by atoms with Gasteiger partial charge in [0.2, 0.25) is 11.8 Å². The summed E-state index contributed by atoms with van der Waals surface area (Å²) in [5.74, 6) is -0.245. The number of carbonyl (C=O) groups excluding carboxylic acids is 2. The van der Waals surface area contributed by atoms with Gasteiger partial charge in [0, 0.05) is 19.7 Å². The van der Waals surface area contributed by atoms with Crippen molar-refractivity contribution >= 4 is 11.8 Å². The third-order valence-electron chi connectivity index (χ3n) is 6.33. The quantitative estimate of drug-likeness (QED) is 0.579. The number of carbonyl (C=O) groups is 2. The summed E-state index contributed by atoms with van der Waals surface area (Å²) in [6.07, 6.45) is 0.553. The Morgan fingerprint density at radius 1 is 1.03 bits per heavy atom. The van der Waals surface area contributed by atoms with Gasteiger partial charge in [-0.15, -0.1) is 0 Å². The lowest BCUT2D eigenvalue weighted by molar-refractivity contribution is -0.138. The van der Waals surface area contributed by atoms with Gasteiger partial charge in [0.1, 0.15) is 12.2 Å². The van der Waals surface area contributed by atoms with Crippen LogP contribution in [0, 0.1) is 0 Å². The van der Waals surface area contributed by atoms with Gasteiger partial charge < -0.3 is 10.2 Å². The van der Waals surface area contributed by atoms with Gasteiger partial charge >= 0.3 is 0 Å². The predicted molar refractivity (Wildman–Crippen MR) is 129 cm³/mol. The Morgan fingerprint density at radius 2 is 1.68 bits per heavy atom. The number of alkyl halides is 1. The molecule has 0 bridgehead atoms. The van der Waals surface area contributed by atoms with E-state index in [9.17, 15) is 14.0 Å². The number of hydrogen-bond acceptors (Lipinski definition) is 3. The lowest BCUT2D eigenvalue weighted by Gasteiger charge is -2.27. The minimum absolute atomic E-state index is 0.00636. The smallest absolute Gasteiger partial charge is 0.243 e. The molecule has 1 aromatic heterocycles. The van der Waals surface area contributed by atoms with E-state index >= 15 is 0 Å². The molecule has 1 N–H and O–H groups in total. The molecule has 4 rings (SSSR count). The number of nitrogens with zero attached hydrogens (tertiary/aromatic N) is 3. The number of likely N-dealkylation sites (tertiary alicyclic amines) is 1. The van der Waals surface area contributed by atoms with Crippen LogP contribution in [-0.4, -0.2) is 45.3 Å². The van der Waals surface area contributed by atoms with Gasteiger partial charge in [-0.3, -0.25) is 14.3 Å². The third kappa shape index (κ3) is 5.35. The fourth-order valence-corrected chi connectivity index (χ4v) is 4.44. The summed E-state index contributed by atoms with van der Waals surface area (Å²) in [5, 5.41) is 7.33. The van der Waals surface area contributed by atoms with Crippen LogP contribution in [0.4, 0.5) is 4.39 Å². The molecule has 178 valence electrons. The van der Waals surface area contributed by atoms with Crippen molar-refractivity contribution in [3.63, 3.8) is 0 Å². The second-order valence-corrected chi connectivity index (χ2v) is 9.23. The summed E-state index contributed by atoms with van der Waals surface area (Å²) in [5.41, 5.74) is 3.67. The molecule has 1 aliphatic rings. The Hall–Kier alpha value is -3.48. The Morgan fingerprint density at radius 3 is 2.29 bits per heavy atom. The normalized spacial score (nSPS) is 18.8. The largest absolute Gasteiger partial charge is 0.343 e. The Kier molecular flexibility index (Phi) is 7.10. The second-order valence-electron chi connectivity index (χ2n) is 9.23. The van der Waals surface area contributed by atoms with Gasteiger partial charge in [-0.25, -0.2) is 4.39 Å². The molecule has 0 unspecified atom stereocenters. The number of nitrogens with one attached hydrogen (secondary N) is 1. The van der Waals surface area contributed by atoms with Crippen LogP contribution in [0.25, 0.3) is 0 Å². The zero-order chi connectivity index (χ0) is 24.2. The first kappa shape index (κ1) is 23.7. The van der Waals surface area contributed by atoms with E-state index in [0.717, 1.165) is 11.1 Å². The molecule has 2 amide bonds. The molecule has 0 radical (unpaired) electrons. The number of aromatic nitrogens is 2. The van der Waals surface area contributed by atoms with Gasteiger partial charge in [-0.2, -0.15) is 5.10 Å². The standard InChI is InChI=1S/C27H31FN4O2/c1-18(2)19-9-11-21(12-10-19)26(20-7-5-4-6-8-20)29-27(34)24-15-22(28)17-32(24)25(33)16-23-13-14-31(3)30-23/h4-14,18,22,24,26H,15-17H2,1-3H3,(H,29,34)/t22-,24+,26+/m1/s1. The summed E-state index contributed by atoms with van der Waals surface area (Å²) >= 11 is 0. The van der Waals surface area contributed by atoms with Crippen LogP contribution in [-0.2, 0) is 23.1 Å². The highest BCUT2D eigenvalue weighted by molar-refractivity contribution is 5.89. The number of amides is 2. The van der Waals surface area contributed by atoms with E-state index in [1.807, 2.05) is 42.5 Å². The van der Waals surface area contributed by atoms with Crippen molar-refractivity contribution in [2.24, 2.45) is 7.05 Å². The van der Waals surface area contributed by atoms with Gasteiger partial charge in [0.25, 0.3) is 0 Å². The van der Waals surface area contributed by atoms with E-state index in [1.54, 1.807) is 24.0 Å². The molecular formula is C27H31FN4O2. The molecule has 1 saturated heterocycles. The number of halogens is 1. The third-order valence-corrected chi connectivity index (χ3v) is 6.33. The number of rotatable bonds is 7. The summed E-state index contributed by atoms with van der Waals surface area (Å²) < 4.78 is 16.0. The van der Waals surface area contributed by atoms with Crippen LogP contribution in [0.3, 0.4) is 0 Å². The molecule has 0 aliphatic carbocycles. The van der Waals surface area contributed by atoms with E-state index in [0.29, 0.717) is 11.6 Å². The Balaban J connectivity index is 1.55. The summed E-state index contributed by atoms with van der Waals surface area (Å²) in [7, 11) is 1.77. The van der Waals surface area contributed by atoms with Gasteiger partial charge in [0.15, 0.2) is 0 Å². The predicted octanol–water partition coefficient (Wildman–Crippen LogP) is 3.93. The van der Waals surface area contributed by atoms with Crippen molar-refractivity contribution in [3.8, 4) is 0 Å². The zero-order valence-corrected chi connectivity index (χ0v) is 19.8. The van der Waals surface area contributed by atoms with Crippen LogP contribution < -0.4 is 5.32 Å². The average molecular weight is 463 g/mol. The van der Waals surface area contributed by atoms with Crippen molar-refractivity contribution < 1.29 is 14.0 Å². The molecule has 2 heterocycles. The summed E-state index contributed by atoms with van der Waals surface area (Å²) in [6.45, 7) is 4.19. The molecule has 1 aliphatic heterocycles. The first-order valence-electron chi connectivity index (χ1n) is 11.7. The summed E-state index contributed by atoms with van der Waals surface area (Å²) in [6, 6.07) is 18.3. The maximum Gasteiger partial charge on any atom is 0.243 e. The first-order valence-corrected chi connectivity index (χ1v) is 11.7. The minimum Gasteiger partial charge on any atom is -0.343 e. The molecular weight excluding hydrogens is 431 g/mol. The number of hydrogen-bond donors (Lipinski definition) is 1. The van der Waals surface area contributed by atoms with Gasteiger partial charge in [-0.1, -0.05) is 68.4 Å². The average Bonchev–Trinajstić information content (AvgIpc) is 3.43. The molecule has 34 heavy (non-hydrogen) atoms. The van der Waals surface area contributed by atoms with Gasteiger partial charge in [0.05, 0.1) is 24.7 Å². The minimum atomic E-state index is -1.23. The fourth-order valence-electron chi connectivity index (χ4n) is 4.44. The van der Waals surface area contributed by atoms with E-state index in [1.165, 1.54) is 10.5 Å². The van der Waals surface area contributed by atoms with E-state index < -0.39 is 18.3 Å². The molecule has 3 aromatic rings.